The van der Waals surface area contributed by atoms with Gasteiger partial charge in [0, 0.05) is 37.6 Å². The number of hydrogen-bond donors (Lipinski definition) is 2. The molecule has 0 atom stereocenters. The molecule has 3 aromatic rings. The van der Waals surface area contributed by atoms with Crippen molar-refractivity contribution in [1.82, 2.24) is 9.97 Å². The van der Waals surface area contributed by atoms with E-state index in [1.807, 2.05) is 24.3 Å². The van der Waals surface area contributed by atoms with Crippen LogP contribution in [0.1, 0.15) is 5.56 Å². The molecular formula is C22H26N6O. The van der Waals surface area contributed by atoms with E-state index in [4.69, 9.17) is 10.5 Å². The number of nitrogens with two attached hydrogens (primary N) is 1. The van der Waals surface area contributed by atoms with E-state index in [9.17, 15) is 0 Å². The smallest absolute Gasteiger partial charge is 0.159 e. The molecule has 0 amide bonds. The molecule has 4 rings (SSSR count). The number of aromatic nitrogens is 2. The maximum atomic E-state index is 6.42. The summed E-state index contributed by atoms with van der Waals surface area (Å²) in [5.41, 5.74) is 10.3. The molecule has 1 aliphatic heterocycles. The van der Waals surface area contributed by atoms with Crippen LogP contribution in [-0.2, 0) is 0 Å². The quantitative estimate of drug-likeness (QED) is 0.691. The molecule has 2 aromatic carbocycles. The Morgan fingerprint density at radius 2 is 1.69 bits per heavy atom. The zero-order valence-corrected chi connectivity index (χ0v) is 16.8. The minimum atomic E-state index is 0.576. The van der Waals surface area contributed by atoms with Gasteiger partial charge in [-0.3, -0.25) is 0 Å². The first-order valence-corrected chi connectivity index (χ1v) is 9.72. The second-order valence-corrected chi connectivity index (χ2v) is 7.13. The molecule has 0 unspecified atom stereocenters. The molecule has 0 radical (unpaired) electrons. The van der Waals surface area contributed by atoms with Crippen LogP contribution in [0.25, 0.3) is 0 Å². The van der Waals surface area contributed by atoms with Gasteiger partial charge in [-0.2, -0.15) is 0 Å². The number of aryl methyl sites for hydroxylation is 1. The Hall–Kier alpha value is -3.48. The molecule has 1 saturated heterocycles. The summed E-state index contributed by atoms with van der Waals surface area (Å²) in [4.78, 5) is 13.4. The Bertz CT molecular complexity index is 967. The van der Waals surface area contributed by atoms with E-state index < -0.39 is 0 Å². The molecule has 2 heterocycles. The molecular weight excluding hydrogens is 364 g/mol. The van der Waals surface area contributed by atoms with Crippen molar-refractivity contribution in [3.05, 3.63) is 60.4 Å². The summed E-state index contributed by atoms with van der Waals surface area (Å²) in [6, 6.07) is 16.3. The highest BCUT2D eigenvalue weighted by atomic mass is 16.5. The molecule has 3 N–H and O–H groups in total. The fraction of sp³-hybridized carbons (Fsp3) is 0.273. The average Bonchev–Trinajstić information content (AvgIpc) is 2.76. The van der Waals surface area contributed by atoms with Crippen molar-refractivity contribution in [3.8, 4) is 5.75 Å². The molecule has 0 bridgehead atoms. The summed E-state index contributed by atoms with van der Waals surface area (Å²) in [5.74, 6) is 2.29. The van der Waals surface area contributed by atoms with Crippen LogP contribution in [0.3, 0.4) is 0 Å². The first-order valence-electron chi connectivity index (χ1n) is 9.72. The summed E-state index contributed by atoms with van der Waals surface area (Å²) < 4.78 is 5.24. The summed E-state index contributed by atoms with van der Waals surface area (Å²) in [6.07, 6.45) is 1.57. The average molecular weight is 390 g/mol. The molecule has 1 aromatic heterocycles. The van der Waals surface area contributed by atoms with Gasteiger partial charge in [0.05, 0.1) is 7.11 Å². The van der Waals surface area contributed by atoms with E-state index in [-0.39, 0.29) is 0 Å². The Balaban J connectivity index is 1.45. The second kappa shape index (κ2) is 8.26. The van der Waals surface area contributed by atoms with Crippen molar-refractivity contribution in [2.45, 2.75) is 6.92 Å². The predicted molar refractivity (Wildman–Crippen MR) is 118 cm³/mol. The highest BCUT2D eigenvalue weighted by molar-refractivity contribution is 5.78. The SMILES string of the molecule is COc1ccc(N2CCN(c3ncnc(Nc4cccc(C)c4)c3N)CC2)cc1. The maximum absolute atomic E-state index is 6.42. The van der Waals surface area contributed by atoms with Gasteiger partial charge < -0.3 is 25.6 Å². The number of methoxy groups -OCH3 is 1. The molecule has 150 valence electrons. The minimum Gasteiger partial charge on any atom is -0.497 e. The van der Waals surface area contributed by atoms with Crippen LogP contribution in [0.15, 0.2) is 54.9 Å². The Morgan fingerprint density at radius 1 is 0.966 bits per heavy atom. The van der Waals surface area contributed by atoms with Crippen LogP contribution in [0, 0.1) is 6.92 Å². The molecule has 1 fully saturated rings. The van der Waals surface area contributed by atoms with Gasteiger partial charge in [0.1, 0.15) is 17.8 Å². The van der Waals surface area contributed by atoms with Crippen LogP contribution in [0.4, 0.5) is 28.7 Å². The van der Waals surface area contributed by atoms with Gasteiger partial charge in [-0.05, 0) is 48.9 Å². The number of nitrogen functional groups attached to an aromatic ring is 1. The minimum absolute atomic E-state index is 0.576. The van der Waals surface area contributed by atoms with Crippen molar-refractivity contribution >= 4 is 28.7 Å². The van der Waals surface area contributed by atoms with E-state index in [1.165, 1.54) is 11.3 Å². The second-order valence-electron chi connectivity index (χ2n) is 7.13. The molecule has 0 saturated carbocycles. The number of nitrogens with one attached hydrogen (secondary N) is 1. The number of piperazine rings is 1. The van der Waals surface area contributed by atoms with E-state index in [0.717, 1.165) is 43.4 Å². The number of hydrogen-bond acceptors (Lipinski definition) is 7. The van der Waals surface area contributed by atoms with E-state index >= 15 is 0 Å². The Morgan fingerprint density at radius 3 is 2.38 bits per heavy atom. The molecule has 7 heteroatoms. The lowest BCUT2D eigenvalue weighted by atomic mass is 10.2. The van der Waals surface area contributed by atoms with Crippen molar-refractivity contribution in [2.75, 3.05) is 54.1 Å². The zero-order chi connectivity index (χ0) is 20.2. The molecule has 0 aliphatic carbocycles. The van der Waals surface area contributed by atoms with Crippen molar-refractivity contribution in [1.29, 1.82) is 0 Å². The maximum Gasteiger partial charge on any atom is 0.159 e. The third kappa shape index (κ3) is 4.18. The summed E-state index contributed by atoms with van der Waals surface area (Å²) in [6.45, 7) is 5.54. The number of rotatable bonds is 5. The fourth-order valence-electron chi connectivity index (χ4n) is 3.57. The van der Waals surface area contributed by atoms with Crippen LogP contribution < -0.4 is 25.6 Å². The topological polar surface area (TPSA) is 79.5 Å². The monoisotopic (exact) mass is 390 g/mol. The molecule has 7 nitrogen and oxygen atoms in total. The highest BCUT2D eigenvalue weighted by Crippen LogP contribution is 2.30. The third-order valence-electron chi connectivity index (χ3n) is 5.16. The first-order chi connectivity index (χ1) is 14.1. The van der Waals surface area contributed by atoms with Crippen LogP contribution in [0.2, 0.25) is 0 Å². The van der Waals surface area contributed by atoms with Gasteiger partial charge in [-0.1, -0.05) is 12.1 Å². The lowest BCUT2D eigenvalue weighted by molar-refractivity contribution is 0.415. The van der Waals surface area contributed by atoms with Gasteiger partial charge in [0.25, 0.3) is 0 Å². The Kier molecular flexibility index (Phi) is 5.37. The van der Waals surface area contributed by atoms with Crippen molar-refractivity contribution < 1.29 is 4.74 Å². The number of anilines is 5. The number of benzene rings is 2. The normalized spacial score (nSPS) is 14.0. The highest BCUT2D eigenvalue weighted by Gasteiger charge is 2.21. The number of ether oxygens (including phenoxy) is 1. The van der Waals surface area contributed by atoms with E-state index in [2.05, 4.69) is 56.3 Å². The number of nitrogens with zero attached hydrogens (tertiary/aromatic N) is 4. The van der Waals surface area contributed by atoms with E-state index in [0.29, 0.717) is 11.5 Å². The summed E-state index contributed by atoms with van der Waals surface area (Å²) in [7, 11) is 1.68. The molecule has 29 heavy (non-hydrogen) atoms. The fourth-order valence-corrected chi connectivity index (χ4v) is 3.57. The first kappa shape index (κ1) is 18.9. The van der Waals surface area contributed by atoms with Gasteiger partial charge in [0.15, 0.2) is 11.6 Å². The zero-order valence-electron chi connectivity index (χ0n) is 16.8. The van der Waals surface area contributed by atoms with Crippen LogP contribution in [-0.4, -0.2) is 43.3 Å². The van der Waals surface area contributed by atoms with Crippen molar-refractivity contribution in [2.24, 2.45) is 0 Å². The lowest BCUT2D eigenvalue weighted by Gasteiger charge is -2.37. The summed E-state index contributed by atoms with van der Waals surface area (Å²) >= 11 is 0. The van der Waals surface area contributed by atoms with Crippen molar-refractivity contribution in [3.63, 3.8) is 0 Å². The van der Waals surface area contributed by atoms with Gasteiger partial charge >= 0.3 is 0 Å². The lowest BCUT2D eigenvalue weighted by Crippen LogP contribution is -2.47. The molecule has 0 spiro atoms. The Labute approximate surface area is 171 Å². The van der Waals surface area contributed by atoms with Gasteiger partial charge in [0.2, 0.25) is 0 Å². The van der Waals surface area contributed by atoms with E-state index in [1.54, 1.807) is 13.4 Å². The predicted octanol–water partition coefficient (Wildman–Crippen LogP) is 3.45. The molecule has 1 aliphatic rings. The summed E-state index contributed by atoms with van der Waals surface area (Å²) in [5, 5.41) is 3.31. The standard InChI is InChI=1S/C22H26N6O/c1-16-4-3-5-17(14-16)26-21-20(23)22(25-15-24-21)28-12-10-27(11-13-28)18-6-8-19(29-2)9-7-18/h3-9,14-15H,10-13,23H2,1-2H3,(H,24,25,26). The largest absolute Gasteiger partial charge is 0.497 e. The van der Waals surface area contributed by atoms with Crippen LogP contribution in [0.5, 0.6) is 5.75 Å². The van der Waals surface area contributed by atoms with Gasteiger partial charge in [-0.15, -0.1) is 0 Å². The van der Waals surface area contributed by atoms with Crippen LogP contribution >= 0.6 is 0 Å². The van der Waals surface area contributed by atoms with Gasteiger partial charge in [-0.25, -0.2) is 9.97 Å². The third-order valence-corrected chi connectivity index (χ3v) is 5.16.